The second-order valence-electron chi connectivity index (χ2n) is 3.21. The summed E-state index contributed by atoms with van der Waals surface area (Å²) in [6.45, 7) is 4.53. The molecule has 2 heteroatoms. The molecular weight excluding hydrogens is 174 g/mol. The van der Waals surface area contributed by atoms with E-state index in [1.165, 1.54) is 0 Å². The fraction of sp³-hybridized carbons (Fsp3) is 0.333. The highest BCUT2D eigenvalue weighted by atomic mass is 16.5. The first kappa shape index (κ1) is 10.8. The van der Waals surface area contributed by atoms with E-state index in [1.807, 2.05) is 50.3 Å². The van der Waals surface area contributed by atoms with Gasteiger partial charge in [-0.3, -0.25) is 0 Å². The van der Waals surface area contributed by atoms with E-state index in [2.05, 4.69) is 0 Å². The number of ether oxygens (including phenoxy) is 1. The van der Waals surface area contributed by atoms with E-state index in [-0.39, 0.29) is 6.04 Å². The maximum atomic E-state index is 5.82. The normalized spacial score (nSPS) is 13.1. The van der Waals surface area contributed by atoms with Gasteiger partial charge in [0.15, 0.2) is 0 Å². The predicted octanol–water partition coefficient (Wildman–Crippen LogP) is 2.66. The van der Waals surface area contributed by atoms with Crippen molar-refractivity contribution in [1.82, 2.24) is 0 Å². The average molecular weight is 191 g/mol. The van der Waals surface area contributed by atoms with Gasteiger partial charge in [0.1, 0.15) is 12.4 Å². The summed E-state index contributed by atoms with van der Waals surface area (Å²) in [7, 11) is 0. The van der Waals surface area contributed by atoms with Crippen LogP contribution in [-0.4, -0.2) is 6.61 Å². The molecule has 1 rings (SSSR count). The fourth-order valence-electron chi connectivity index (χ4n) is 1.22. The summed E-state index contributed by atoms with van der Waals surface area (Å²) in [5.41, 5.74) is 6.87. The van der Waals surface area contributed by atoms with Crippen molar-refractivity contribution in [2.75, 3.05) is 6.61 Å². The van der Waals surface area contributed by atoms with E-state index < -0.39 is 0 Å². The van der Waals surface area contributed by atoms with Crippen molar-refractivity contribution in [3.8, 4) is 5.75 Å². The van der Waals surface area contributed by atoms with E-state index in [9.17, 15) is 0 Å². The van der Waals surface area contributed by atoms with Gasteiger partial charge in [-0.25, -0.2) is 0 Å². The molecule has 0 heterocycles. The molecule has 2 N–H and O–H groups in total. The zero-order valence-corrected chi connectivity index (χ0v) is 8.73. The molecule has 0 fully saturated rings. The Morgan fingerprint density at radius 2 is 2.14 bits per heavy atom. The first-order valence-electron chi connectivity index (χ1n) is 4.84. The number of hydrogen-bond donors (Lipinski definition) is 1. The Kier molecular flexibility index (Phi) is 4.20. The van der Waals surface area contributed by atoms with Crippen molar-refractivity contribution in [1.29, 1.82) is 0 Å². The van der Waals surface area contributed by atoms with Gasteiger partial charge in [-0.1, -0.05) is 30.4 Å². The topological polar surface area (TPSA) is 35.2 Å². The van der Waals surface area contributed by atoms with Gasteiger partial charge in [0.2, 0.25) is 0 Å². The lowest BCUT2D eigenvalue weighted by atomic mass is 10.1. The number of para-hydroxylation sites is 1. The van der Waals surface area contributed by atoms with Gasteiger partial charge >= 0.3 is 0 Å². The highest BCUT2D eigenvalue weighted by Crippen LogP contribution is 2.22. The van der Waals surface area contributed by atoms with Gasteiger partial charge in [0, 0.05) is 11.6 Å². The van der Waals surface area contributed by atoms with Crippen molar-refractivity contribution in [3.63, 3.8) is 0 Å². The second-order valence-corrected chi connectivity index (χ2v) is 3.21. The molecule has 1 atom stereocenters. The summed E-state index contributed by atoms with van der Waals surface area (Å²) in [6.07, 6.45) is 3.94. The number of hydrogen-bond acceptors (Lipinski definition) is 2. The zero-order valence-electron chi connectivity index (χ0n) is 8.73. The SMILES string of the molecule is CC=CCOc1ccccc1[C@@H](C)N. The minimum absolute atomic E-state index is 0.0109. The lowest BCUT2D eigenvalue weighted by molar-refractivity contribution is 0.356. The van der Waals surface area contributed by atoms with Gasteiger partial charge < -0.3 is 10.5 Å². The monoisotopic (exact) mass is 191 g/mol. The Labute approximate surface area is 85.4 Å². The maximum absolute atomic E-state index is 5.82. The van der Waals surface area contributed by atoms with Crippen LogP contribution in [0, 0.1) is 0 Å². The second kappa shape index (κ2) is 5.45. The van der Waals surface area contributed by atoms with Crippen LogP contribution >= 0.6 is 0 Å². The van der Waals surface area contributed by atoms with Crippen LogP contribution in [0.15, 0.2) is 36.4 Å². The Balaban J connectivity index is 2.74. The van der Waals surface area contributed by atoms with Crippen LogP contribution < -0.4 is 10.5 Å². The summed E-state index contributed by atoms with van der Waals surface area (Å²) in [5, 5.41) is 0. The summed E-state index contributed by atoms with van der Waals surface area (Å²) in [5.74, 6) is 0.876. The van der Waals surface area contributed by atoms with Crippen molar-refractivity contribution in [2.45, 2.75) is 19.9 Å². The molecule has 0 aliphatic carbocycles. The van der Waals surface area contributed by atoms with E-state index in [0.717, 1.165) is 11.3 Å². The third-order valence-electron chi connectivity index (χ3n) is 1.98. The Morgan fingerprint density at radius 1 is 1.43 bits per heavy atom. The van der Waals surface area contributed by atoms with Gasteiger partial charge in [-0.2, -0.15) is 0 Å². The van der Waals surface area contributed by atoms with Crippen LogP contribution in [-0.2, 0) is 0 Å². The van der Waals surface area contributed by atoms with Crippen molar-refractivity contribution in [3.05, 3.63) is 42.0 Å². The van der Waals surface area contributed by atoms with E-state index in [1.54, 1.807) is 0 Å². The molecule has 76 valence electrons. The molecule has 0 aromatic heterocycles. The standard InChI is InChI=1S/C12H17NO/c1-3-4-9-14-12-8-6-5-7-11(12)10(2)13/h3-8,10H,9,13H2,1-2H3/t10-/m1/s1. The van der Waals surface area contributed by atoms with Crippen molar-refractivity contribution in [2.24, 2.45) is 5.73 Å². The Bertz CT molecular complexity index is 305. The molecule has 14 heavy (non-hydrogen) atoms. The molecule has 0 radical (unpaired) electrons. The molecule has 0 saturated carbocycles. The first-order valence-corrected chi connectivity index (χ1v) is 4.84. The maximum Gasteiger partial charge on any atom is 0.124 e. The Morgan fingerprint density at radius 3 is 2.79 bits per heavy atom. The molecule has 2 nitrogen and oxygen atoms in total. The van der Waals surface area contributed by atoms with Crippen LogP contribution in [0.1, 0.15) is 25.5 Å². The minimum atomic E-state index is 0.0109. The molecule has 0 aliphatic heterocycles. The highest BCUT2D eigenvalue weighted by molar-refractivity contribution is 5.35. The fourth-order valence-corrected chi connectivity index (χ4v) is 1.22. The van der Waals surface area contributed by atoms with Gasteiger partial charge in [-0.15, -0.1) is 0 Å². The highest BCUT2D eigenvalue weighted by Gasteiger charge is 2.05. The van der Waals surface area contributed by atoms with Crippen LogP contribution in [0.2, 0.25) is 0 Å². The minimum Gasteiger partial charge on any atom is -0.489 e. The number of allylic oxidation sites excluding steroid dienone is 1. The number of benzene rings is 1. The lowest BCUT2D eigenvalue weighted by Crippen LogP contribution is -2.07. The summed E-state index contributed by atoms with van der Waals surface area (Å²) < 4.78 is 5.57. The van der Waals surface area contributed by atoms with Crippen molar-refractivity contribution >= 4 is 0 Å². The third kappa shape index (κ3) is 2.89. The van der Waals surface area contributed by atoms with E-state index in [4.69, 9.17) is 10.5 Å². The van der Waals surface area contributed by atoms with Crippen molar-refractivity contribution < 1.29 is 4.74 Å². The van der Waals surface area contributed by atoms with E-state index >= 15 is 0 Å². The molecule has 0 unspecified atom stereocenters. The molecule has 0 aliphatic rings. The molecule has 0 spiro atoms. The van der Waals surface area contributed by atoms with Crippen LogP contribution in [0.5, 0.6) is 5.75 Å². The molecule has 0 amide bonds. The lowest BCUT2D eigenvalue weighted by Gasteiger charge is -2.12. The number of rotatable bonds is 4. The average Bonchev–Trinajstić information content (AvgIpc) is 2.19. The molecule has 1 aromatic rings. The van der Waals surface area contributed by atoms with Gasteiger partial charge in [0.05, 0.1) is 0 Å². The molecule has 1 aromatic carbocycles. The number of nitrogens with two attached hydrogens (primary N) is 1. The zero-order chi connectivity index (χ0) is 10.4. The molecule has 0 bridgehead atoms. The summed E-state index contributed by atoms with van der Waals surface area (Å²) >= 11 is 0. The van der Waals surface area contributed by atoms with Crippen LogP contribution in [0.3, 0.4) is 0 Å². The first-order chi connectivity index (χ1) is 6.75. The quantitative estimate of drug-likeness (QED) is 0.742. The van der Waals surface area contributed by atoms with Gasteiger partial charge in [0.25, 0.3) is 0 Å². The predicted molar refractivity (Wildman–Crippen MR) is 59.4 cm³/mol. The van der Waals surface area contributed by atoms with Crippen LogP contribution in [0.4, 0.5) is 0 Å². The molecule has 0 saturated heterocycles. The van der Waals surface area contributed by atoms with Crippen LogP contribution in [0.25, 0.3) is 0 Å². The summed E-state index contributed by atoms with van der Waals surface area (Å²) in [4.78, 5) is 0. The molecular formula is C12H17NO. The summed E-state index contributed by atoms with van der Waals surface area (Å²) in [6, 6.07) is 7.88. The smallest absolute Gasteiger partial charge is 0.124 e. The van der Waals surface area contributed by atoms with E-state index in [0.29, 0.717) is 6.61 Å². The largest absolute Gasteiger partial charge is 0.489 e. The van der Waals surface area contributed by atoms with Gasteiger partial charge in [-0.05, 0) is 19.9 Å². The third-order valence-corrected chi connectivity index (χ3v) is 1.98. The Hall–Kier alpha value is -1.28.